The van der Waals surface area contributed by atoms with Crippen LogP contribution in [0.1, 0.15) is 39.5 Å². The van der Waals surface area contributed by atoms with Gasteiger partial charge in [-0.3, -0.25) is 9.59 Å². The molecule has 0 aliphatic heterocycles. The fourth-order valence-electron chi connectivity index (χ4n) is 1.71. The molecule has 2 amide bonds. The molecule has 0 aromatic carbocycles. The average molecular weight is 264 g/mol. The molecular formula is C10H20N2O4S. The van der Waals surface area contributed by atoms with Gasteiger partial charge in [0.15, 0.2) is 9.84 Å². The fraction of sp³-hybridized carbons (Fsp3) is 0.800. The van der Waals surface area contributed by atoms with Crippen molar-refractivity contribution in [3.05, 3.63) is 0 Å². The van der Waals surface area contributed by atoms with E-state index in [9.17, 15) is 18.0 Å². The van der Waals surface area contributed by atoms with E-state index in [-0.39, 0.29) is 12.8 Å². The molecule has 0 saturated carbocycles. The third kappa shape index (κ3) is 4.72. The Morgan fingerprint density at radius 1 is 0.941 bits per heavy atom. The number of nitrogens with two attached hydrogens (primary N) is 2. The second-order valence-electron chi connectivity index (χ2n) is 3.99. The Hall–Kier alpha value is -1.11. The second-order valence-corrected chi connectivity index (χ2v) is 6.50. The van der Waals surface area contributed by atoms with Gasteiger partial charge in [0.2, 0.25) is 11.8 Å². The molecule has 0 bridgehead atoms. The molecule has 100 valence electrons. The van der Waals surface area contributed by atoms with Crippen LogP contribution in [-0.2, 0) is 19.4 Å². The SMILES string of the molecule is CCC(CC(N)=O)S(=O)(=O)C(CC)CC(N)=O. The first kappa shape index (κ1) is 15.9. The van der Waals surface area contributed by atoms with Gasteiger partial charge >= 0.3 is 0 Å². The highest BCUT2D eigenvalue weighted by atomic mass is 32.2. The Morgan fingerprint density at radius 2 is 1.24 bits per heavy atom. The minimum atomic E-state index is -3.56. The number of hydrogen-bond acceptors (Lipinski definition) is 4. The van der Waals surface area contributed by atoms with E-state index in [0.29, 0.717) is 12.8 Å². The summed E-state index contributed by atoms with van der Waals surface area (Å²) < 4.78 is 24.3. The van der Waals surface area contributed by atoms with Crippen LogP contribution in [0.5, 0.6) is 0 Å². The molecule has 17 heavy (non-hydrogen) atoms. The second kappa shape index (κ2) is 6.58. The van der Waals surface area contributed by atoms with E-state index >= 15 is 0 Å². The molecule has 0 aliphatic rings. The molecule has 0 aromatic heterocycles. The molecule has 0 saturated heterocycles. The van der Waals surface area contributed by atoms with Crippen LogP contribution in [0.4, 0.5) is 0 Å². The summed E-state index contributed by atoms with van der Waals surface area (Å²) in [7, 11) is -3.56. The summed E-state index contributed by atoms with van der Waals surface area (Å²) >= 11 is 0. The number of carbonyl (C=O) groups excluding carboxylic acids is 2. The average Bonchev–Trinajstić information content (AvgIpc) is 2.21. The number of rotatable bonds is 8. The number of amides is 2. The van der Waals surface area contributed by atoms with E-state index in [1.54, 1.807) is 13.8 Å². The van der Waals surface area contributed by atoms with Crippen LogP contribution in [0.25, 0.3) is 0 Å². The van der Waals surface area contributed by atoms with Crippen molar-refractivity contribution in [3.63, 3.8) is 0 Å². The first-order valence-corrected chi connectivity index (χ1v) is 7.15. The maximum Gasteiger partial charge on any atom is 0.218 e. The Morgan fingerprint density at radius 3 is 1.41 bits per heavy atom. The maximum absolute atomic E-state index is 12.1. The summed E-state index contributed by atoms with van der Waals surface area (Å²) in [6.07, 6.45) is 0.156. The van der Waals surface area contributed by atoms with Gasteiger partial charge < -0.3 is 11.5 Å². The van der Waals surface area contributed by atoms with Crippen molar-refractivity contribution in [2.45, 2.75) is 50.0 Å². The molecule has 0 radical (unpaired) electrons. The molecule has 0 heterocycles. The smallest absolute Gasteiger partial charge is 0.218 e. The standard InChI is InChI=1S/C10H20N2O4S/c1-3-7(5-9(11)13)17(15,16)8(4-2)6-10(12)14/h7-8H,3-6H2,1-2H3,(H2,11,13)(H2,12,14). The third-order valence-electron chi connectivity index (χ3n) is 2.70. The van der Waals surface area contributed by atoms with Gasteiger partial charge in [0, 0.05) is 12.8 Å². The third-order valence-corrected chi connectivity index (χ3v) is 5.56. The molecule has 4 N–H and O–H groups in total. The predicted octanol–water partition coefficient (Wildman–Crippen LogP) is -0.291. The summed E-state index contributed by atoms with van der Waals surface area (Å²) in [5.74, 6) is -1.32. The molecule has 0 rings (SSSR count). The predicted molar refractivity (Wildman–Crippen MR) is 64.7 cm³/mol. The zero-order valence-electron chi connectivity index (χ0n) is 10.2. The summed E-state index contributed by atoms with van der Waals surface area (Å²) in [6.45, 7) is 3.34. The Bertz CT molecular complexity index is 348. The van der Waals surface area contributed by atoms with Gasteiger partial charge in [-0.15, -0.1) is 0 Å². The zero-order chi connectivity index (χ0) is 13.6. The van der Waals surface area contributed by atoms with Gasteiger partial charge in [-0.05, 0) is 12.8 Å². The van der Waals surface area contributed by atoms with Gasteiger partial charge in [-0.2, -0.15) is 0 Å². The van der Waals surface area contributed by atoms with Crippen LogP contribution >= 0.6 is 0 Å². The van der Waals surface area contributed by atoms with E-state index < -0.39 is 32.2 Å². The van der Waals surface area contributed by atoms with Gasteiger partial charge in [0.05, 0.1) is 10.5 Å². The monoisotopic (exact) mass is 264 g/mol. The molecule has 2 atom stereocenters. The molecule has 6 nitrogen and oxygen atoms in total. The highest BCUT2D eigenvalue weighted by Gasteiger charge is 2.33. The van der Waals surface area contributed by atoms with Crippen LogP contribution in [0.3, 0.4) is 0 Å². The molecular weight excluding hydrogens is 244 g/mol. The molecule has 0 aliphatic carbocycles. The highest BCUT2D eigenvalue weighted by molar-refractivity contribution is 7.92. The zero-order valence-corrected chi connectivity index (χ0v) is 11.0. The topological polar surface area (TPSA) is 120 Å². The van der Waals surface area contributed by atoms with E-state index in [2.05, 4.69) is 0 Å². The van der Waals surface area contributed by atoms with E-state index in [1.165, 1.54) is 0 Å². The summed E-state index contributed by atoms with van der Waals surface area (Å²) in [4.78, 5) is 21.6. The lowest BCUT2D eigenvalue weighted by molar-refractivity contribution is -0.118. The molecule has 0 spiro atoms. The lowest BCUT2D eigenvalue weighted by Gasteiger charge is -2.21. The van der Waals surface area contributed by atoms with E-state index in [0.717, 1.165) is 0 Å². The van der Waals surface area contributed by atoms with Crippen LogP contribution < -0.4 is 11.5 Å². The van der Waals surface area contributed by atoms with Crippen LogP contribution in [0, 0.1) is 0 Å². The molecule has 2 unspecified atom stereocenters. The first-order chi connectivity index (χ1) is 7.75. The van der Waals surface area contributed by atoms with Crippen molar-refractivity contribution in [2.24, 2.45) is 11.5 Å². The van der Waals surface area contributed by atoms with Crippen molar-refractivity contribution >= 4 is 21.7 Å². The van der Waals surface area contributed by atoms with E-state index in [1.807, 2.05) is 0 Å². The Kier molecular flexibility index (Phi) is 6.15. The van der Waals surface area contributed by atoms with Gasteiger partial charge in [0.1, 0.15) is 0 Å². The molecule has 0 fully saturated rings. The Labute approximate surface area is 102 Å². The number of carbonyl (C=O) groups is 2. The van der Waals surface area contributed by atoms with Gasteiger partial charge in [-0.1, -0.05) is 13.8 Å². The minimum Gasteiger partial charge on any atom is -0.370 e. The van der Waals surface area contributed by atoms with Gasteiger partial charge in [0.25, 0.3) is 0 Å². The first-order valence-electron chi connectivity index (χ1n) is 5.54. The fourth-order valence-corrected chi connectivity index (χ4v) is 3.97. The van der Waals surface area contributed by atoms with Crippen LogP contribution in [0.15, 0.2) is 0 Å². The minimum absolute atomic E-state index is 0.214. The molecule has 0 aromatic rings. The number of hydrogen-bond donors (Lipinski definition) is 2. The summed E-state index contributed by atoms with van der Waals surface area (Å²) in [6, 6.07) is 0. The maximum atomic E-state index is 12.1. The van der Waals surface area contributed by atoms with Crippen LogP contribution in [-0.4, -0.2) is 30.7 Å². The van der Waals surface area contributed by atoms with Gasteiger partial charge in [-0.25, -0.2) is 8.42 Å². The quantitative estimate of drug-likeness (QED) is 0.625. The number of primary amides is 2. The largest absolute Gasteiger partial charge is 0.370 e. The summed E-state index contributed by atoms with van der Waals surface area (Å²) in [5.41, 5.74) is 10.0. The van der Waals surface area contributed by atoms with Crippen molar-refractivity contribution in [1.29, 1.82) is 0 Å². The number of sulfone groups is 1. The lowest BCUT2D eigenvalue weighted by Crippen LogP contribution is -2.36. The lowest BCUT2D eigenvalue weighted by atomic mass is 10.2. The molecule has 7 heteroatoms. The van der Waals surface area contributed by atoms with Crippen molar-refractivity contribution in [3.8, 4) is 0 Å². The van der Waals surface area contributed by atoms with Crippen molar-refractivity contribution < 1.29 is 18.0 Å². The highest BCUT2D eigenvalue weighted by Crippen LogP contribution is 2.20. The van der Waals surface area contributed by atoms with Crippen molar-refractivity contribution in [2.75, 3.05) is 0 Å². The van der Waals surface area contributed by atoms with E-state index in [4.69, 9.17) is 11.5 Å². The van der Waals surface area contributed by atoms with Crippen molar-refractivity contribution in [1.82, 2.24) is 0 Å². The summed E-state index contributed by atoms with van der Waals surface area (Å²) in [5, 5.41) is -1.66. The van der Waals surface area contributed by atoms with Crippen LogP contribution in [0.2, 0.25) is 0 Å². The Balaban J connectivity index is 5.04. The normalized spacial score (nSPS) is 15.2.